The van der Waals surface area contributed by atoms with Crippen molar-refractivity contribution in [3.8, 4) is 5.88 Å². The van der Waals surface area contributed by atoms with Gasteiger partial charge in [-0.3, -0.25) is 4.98 Å². The summed E-state index contributed by atoms with van der Waals surface area (Å²) in [6.45, 7) is 0. The highest BCUT2D eigenvalue weighted by Gasteiger charge is 2.21. The maximum atomic E-state index is 13.1. The molecule has 0 aliphatic rings. The molecule has 4 nitrogen and oxygen atoms in total. The summed E-state index contributed by atoms with van der Waals surface area (Å²) in [6, 6.07) is 1.38. The van der Waals surface area contributed by atoms with Crippen LogP contribution in [0.4, 0.5) is 13.2 Å². The minimum Gasteiger partial charge on any atom is -0.480 e. The largest absolute Gasteiger partial charge is 0.480 e. The van der Waals surface area contributed by atoms with Crippen molar-refractivity contribution in [2.24, 2.45) is 0 Å². The number of aliphatic hydroxyl groups excluding tert-OH is 1. The van der Waals surface area contributed by atoms with Crippen molar-refractivity contribution < 1.29 is 23.0 Å². The Kier molecular flexibility index (Phi) is 3.66. The van der Waals surface area contributed by atoms with E-state index < -0.39 is 23.6 Å². The number of nitrogens with zero attached hydrogens (tertiary/aromatic N) is 2. The van der Waals surface area contributed by atoms with Crippen molar-refractivity contribution in [3.05, 3.63) is 53.2 Å². The van der Waals surface area contributed by atoms with Gasteiger partial charge in [0.2, 0.25) is 5.88 Å². The molecule has 1 N–H and O–H groups in total. The summed E-state index contributed by atoms with van der Waals surface area (Å²) in [5, 5.41) is 10.0. The lowest BCUT2D eigenvalue weighted by atomic mass is 10.1. The van der Waals surface area contributed by atoms with Gasteiger partial charge in [-0.05, 0) is 17.7 Å². The van der Waals surface area contributed by atoms with Crippen LogP contribution in [0.2, 0.25) is 0 Å². The Morgan fingerprint density at radius 2 is 1.68 bits per heavy atom. The smallest absolute Gasteiger partial charge is 0.238 e. The number of hydrogen-bond donors (Lipinski definition) is 1. The number of hydrogen-bond acceptors (Lipinski definition) is 4. The molecule has 1 unspecified atom stereocenters. The molecule has 1 aromatic carbocycles. The summed E-state index contributed by atoms with van der Waals surface area (Å²) in [5.41, 5.74) is -0.203. The van der Waals surface area contributed by atoms with E-state index in [1.807, 2.05) is 0 Å². The Hall–Kier alpha value is -2.15. The Labute approximate surface area is 106 Å². The number of halogens is 3. The number of ether oxygens (including phenoxy) is 1. The first-order chi connectivity index (χ1) is 9.04. The second kappa shape index (κ2) is 5.23. The summed E-state index contributed by atoms with van der Waals surface area (Å²) >= 11 is 0. The van der Waals surface area contributed by atoms with Crippen LogP contribution in [0.5, 0.6) is 5.88 Å². The van der Waals surface area contributed by atoms with Crippen molar-refractivity contribution in [2.45, 2.75) is 6.10 Å². The molecular weight excluding hydrogens is 261 g/mol. The Morgan fingerprint density at radius 3 is 2.26 bits per heavy atom. The molecule has 19 heavy (non-hydrogen) atoms. The van der Waals surface area contributed by atoms with Gasteiger partial charge in [0.15, 0.2) is 17.5 Å². The topological polar surface area (TPSA) is 55.2 Å². The molecule has 1 heterocycles. The summed E-state index contributed by atoms with van der Waals surface area (Å²) in [4.78, 5) is 7.63. The highest BCUT2D eigenvalue weighted by Crippen LogP contribution is 2.27. The van der Waals surface area contributed by atoms with E-state index in [0.717, 1.165) is 0 Å². The fraction of sp³-hybridized carbons (Fsp3) is 0.167. The van der Waals surface area contributed by atoms with Gasteiger partial charge in [0.05, 0.1) is 7.11 Å². The molecule has 100 valence electrons. The number of aromatic nitrogens is 2. The molecule has 7 heteroatoms. The lowest BCUT2D eigenvalue weighted by Crippen LogP contribution is -2.08. The highest BCUT2D eigenvalue weighted by molar-refractivity contribution is 5.31. The van der Waals surface area contributed by atoms with Gasteiger partial charge in [0, 0.05) is 12.4 Å². The van der Waals surface area contributed by atoms with E-state index in [-0.39, 0.29) is 17.1 Å². The molecule has 0 saturated heterocycles. The first-order valence-electron chi connectivity index (χ1n) is 5.22. The Balaban J connectivity index is 2.47. The second-order valence-electron chi connectivity index (χ2n) is 3.65. The van der Waals surface area contributed by atoms with Crippen LogP contribution in [0.25, 0.3) is 0 Å². The molecule has 0 spiro atoms. The third kappa shape index (κ3) is 2.50. The molecule has 0 saturated carbocycles. The van der Waals surface area contributed by atoms with Crippen molar-refractivity contribution in [3.63, 3.8) is 0 Å². The van der Waals surface area contributed by atoms with Crippen molar-refractivity contribution >= 4 is 0 Å². The summed E-state index contributed by atoms with van der Waals surface area (Å²) in [6.07, 6.45) is 1.14. The minimum absolute atomic E-state index is 0.0140. The normalized spacial score (nSPS) is 12.3. The lowest BCUT2D eigenvalue weighted by molar-refractivity contribution is 0.206. The third-order valence-electron chi connectivity index (χ3n) is 2.47. The van der Waals surface area contributed by atoms with E-state index in [2.05, 4.69) is 9.97 Å². The van der Waals surface area contributed by atoms with Crippen molar-refractivity contribution in [1.82, 2.24) is 9.97 Å². The van der Waals surface area contributed by atoms with Gasteiger partial charge in [-0.15, -0.1) is 0 Å². The molecule has 2 aromatic rings. The predicted octanol–water partition coefficient (Wildman–Crippen LogP) is 1.98. The zero-order valence-corrected chi connectivity index (χ0v) is 9.77. The molecule has 0 fully saturated rings. The molecule has 0 bridgehead atoms. The molecule has 0 aliphatic heterocycles. The number of rotatable bonds is 3. The van der Waals surface area contributed by atoms with Crippen LogP contribution in [0.3, 0.4) is 0 Å². The Morgan fingerprint density at radius 1 is 1.11 bits per heavy atom. The number of benzene rings is 1. The van der Waals surface area contributed by atoms with E-state index in [0.29, 0.717) is 12.1 Å². The van der Waals surface area contributed by atoms with Crippen molar-refractivity contribution in [1.29, 1.82) is 0 Å². The SMILES string of the molecule is COc1nccnc1C(O)c1cc(F)c(F)c(F)c1. The van der Waals surface area contributed by atoms with Gasteiger partial charge in [0.1, 0.15) is 11.8 Å². The zero-order valence-electron chi connectivity index (χ0n) is 9.77. The van der Waals surface area contributed by atoms with E-state index in [9.17, 15) is 18.3 Å². The molecule has 0 radical (unpaired) electrons. The fourth-order valence-electron chi connectivity index (χ4n) is 1.57. The molecule has 1 atom stereocenters. The van der Waals surface area contributed by atoms with Crippen LogP contribution in [0.15, 0.2) is 24.5 Å². The predicted molar refractivity (Wildman–Crippen MR) is 59.0 cm³/mol. The maximum absolute atomic E-state index is 13.1. The molecule has 2 rings (SSSR count). The number of methoxy groups -OCH3 is 1. The lowest BCUT2D eigenvalue weighted by Gasteiger charge is -2.13. The van der Waals surface area contributed by atoms with E-state index in [4.69, 9.17) is 4.74 Å². The Bertz CT molecular complexity index is 584. The van der Waals surface area contributed by atoms with Crippen LogP contribution < -0.4 is 4.74 Å². The third-order valence-corrected chi connectivity index (χ3v) is 2.47. The van der Waals surface area contributed by atoms with Crippen molar-refractivity contribution in [2.75, 3.05) is 7.11 Å². The zero-order chi connectivity index (χ0) is 14.0. The molecule has 0 aliphatic carbocycles. The van der Waals surface area contributed by atoms with Crippen LogP contribution in [-0.4, -0.2) is 22.2 Å². The van der Waals surface area contributed by atoms with Crippen LogP contribution in [-0.2, 0) is 0 Å². The van der Waals surface area contributed by atoms with Gasteiger partial charge in [0.25, 0.3) is 0 Å². The van der Waals surface area contributed by atoms with E-state index >= 15 is 0 Å². The average molecular weight is 270 g/mol. The van der Waals surface area contributed by atoms with E-state index in [1.165, 1.54) is 19.5 Å². The highest BCUT2D eigenvalue weighted by atomic mass is 19.2. The quantitative estimate of drug-likeness (QED) is 0.866. The first-order valence-corrected chi connectivity index (χ1v) is 5.22. The monoisotopic (exact) mass is 270 g/mol. The molecule has 1 aromatic heterocycles. The summed E-state index contributed by atoms with van der Waals surface area (Å²) < 4.78 is 43.9. The van der Waals surface area contributed by atoms with Gasteiger partial charge < -0.3 is 9.84 Å². The van der Waals surface area contributed by atoms with Crippen LogP contribution in [0.1, 0.15) is 17.4 Å². The van der Waals surface area contributed by atoms with E-state index in [1.54, 1.807) is 0 Å². The first kappa shape index (κ1) is 13.3. The number of aliphatic hydroxyl groups is 1. The maximum Gasteiger partial charge on any atom is 0.238 e. The summed E-state index contributed by atoms with van der Waals surface area (Å²) in [5.74, 6) is -4.36. The summed E-state index contributed by atoms with van der Waals surface area (Å²) in [7, 11) is 1.31. The minimum atomic E-state index is -1.60. The molecule has 0 amide bonds. The molecular formula is C12H9F3N2O2. The van der Waals surface area contributed by atoms with Gasteiger partial charge >= 0.3 is 0 Å². The standard InChI is InChI=1S/C12H9F3N2O2/c1-19-12-10(16-2-3-17-12)11(18)6-4-7(13)9(15)8(14)5-6/h2-5,11,18H,1H3. The van der Waals surface area contributed by atoms with Gasteiger partial charge in [-0.2, -0.15) is 0 Å². The van der Waals surface area contributed by atoms with Crippen LogP contribution in [0, 0.1) is 17.5 Å². The van der Waals surface area contributed by atoms with Crippen LogP contribution >= 0.6 is 0 Å². The van der Waals surface area contributed by atoms with Gasteiger partial charge in [-0.25, -0.2) is 18.2 Å². The van der Waals surface area contributed by atoms with Gasteiger partial charge in [-0.1, -0.05) is 0 Å². The fourth-order valence-corrected chi connectivity index (χ4v) is 1.57. The second-order valence-corrected chi connectivity index (χ2v) is 3.65. The average Bonchev–Trinajstić information content (AvgIpc) is 2.43.